The molecule has 0 heterocycles. The number of carbonyl (C=O) groups is 2. The van der Waals surface area contributed by atoms with Gasteiger partial charge in [-0.3, -0.25) is 4.79 Å². The molecule has 3 aromatic rings. The molecule has 0 radical (unpaired) electrons. The topological polar surface area (TPSA) is 95.9 Å². The summed E-state index contributed by atoms with van der Waals surface area (Å²) in [7, 11) is 0. The molecule has 1 amide bonds. The number of carboxylic acids is 1. The summed E-state index contributed by atoms with van der Waals surface area (Å²) in [5.74, 6) is 1.46. The molecular formula is C35H35F6NO5. The smallest absolute Gasteiger partial charge is 0.438 e. The highest BCUT2D eigenvalue weighted by atomic mass is 19.4. The number of benzene rings is 3. The van der Waals surface area contributed by atoms with E-state index in [9.17, 15) is 46.1 Å². The summed E-state index contributed by atoms with van der Waals surface area (Å²) in [6.45, 7) is 6.74. The molecule has 0 aliphatic heterocycles. The lowest BCUT2D eigenvalue weighted by Crippen LogP contribution is -2.55. The van der Waals surface area contributed by atoms with Gasteiger partial charge in [0.05, 0.1) is 0 Å². The summed E-state index contributed by atoms with van der Waals surface area (Å²) in [5.41, 5.74) is -2.54. The van der Waals surface area contributed by atoms with E-state index in [0.29, 0.717) is 29.7 Å². The highest BCUT2D eigenvalue weighted by Gasteiger charge is 2.70. The van der Waals surface area contributed by atoms with Gasteiger partial charge in [-0.05, 0) is 72.6 Å². The van der Waals surface area contributed by atoms with E-state index in [1.54, 1.807) is 61.5 Å². The second-order valence-electron chi connectivity index (χ2n) is 11.2. The molecule has 6 nitrogen and oxygen atoms in total. The maximum atomic E-state index is 13.1. The Labute approximate surface area is 268 Å². The Balaban J connectivity index is 1.82. The Morgan fingerprint density at radius 3 is 1.89 bits per heavy atom. The van der Waals surface area contributed by atoms with Crippen LogP contribution in [-0.2, 0) is 21.4 Å². The average Bonchev–Trinajstić information content (AvgIpc) is 3.00. The quantitative estimate of drug-likeness (QED) is 0.155. The van der Waals surface area contributed by atoms with Crippen molar-refractivity contribution in [2.24, 2.45) is 0 Å². The van der Waals surface area contributed by atoms with Crippen molar-refractivity contribution < 1.29 is 50.9 Å². The SMILES string of the molecule is CCC(CC)(c1ccc(C#CC(O)(C(F)(F)F)C(F)(F)F)c(C)c1)c1ccc(OCC(=O)NC(Cc2ccccc2)C(=O)O)c(C)c1. The number of aryl methyl sites for hydroxylation is 2. The monoisotopic (exact) mass is 663 g/mol. The largest absolute Gasteiger partial charge is 0.484 e. The van der Waals surface area contributed by atoms with Gasteiger partial charge in [0.25, 0.3) is 5.91 Å². The number of carbonyl (C=O) groups excluding carboxylic acids is 1. The number of aliphatic hydroxyl groups is 1. The van der Waals surface area contributed by atoms with Gasteiger partial charge in [0.15, 0.2) is 6.61 Å². The number of hydrogen-bond acceptors (Lipinski definition) is 4. The van der Waals surface area contributed by atoms with Crippen LogP contribution in [0, 0.1) is 25.7 Å². The fourth-order valence-corrected chi connectivity index (χ4v) is 5.33. The predicted octanol–water partition coefficient (Wildman–Crippen LogP) is 6.81. The molecule has 0 saturated carbocycles. The highest BCUT2D eigenvalue weighted by Crippen LogP contribution is 2.43. The number of ether oxygens (including phenoxy) is 1. The maximum absolute atomic E-state index is 13.1. The number of carboxylic acid groups (broad SMARTS) is 1. The fourth-order valence-electron chi connectivity index (χ4n) is 5.33. The summed E-state index contributed by atoms with van der Waals surface area (Å²) >= 11 is 0. The third-order valence-corrected chi connectivity index (χ3v) is 8.19. The summed E-state index contributed by atoms with van der Waals surface area (Å²) in [6.07, 6.45) is -10.8. The lowest BCUT2D eigenvalue weighted by Gasteiger charge is -2.34. The van der Waals surface area contributed by atoms with Gasteiger partial charge in [-0.1, -0.05) is 74.4 Å². The molecule has 3 N–H and O–H groups in total. The number of halogens is 6. The number of hydrogen-bond donors (Lipinski definition) is 3. The first kappa shape index (κ1) is 37.0. The number of nitrogens with one attached hydrogen (secondary N) is 1. The Morgan fingerprint density at radius 2 is 1.40 bits per heavy atom. The van der Waals surface area contributed by atoms with Gasteiger partial charge < -0.3 is 20.3 Å². The van der Waals surface area contributed by atoms with Gasteiger partial charge in [-0.25, -0.2) is 4.79 Å². The second kappa shape index (κ2) is 14.5. The lowest BCUT2D eigenvalue weighted by molar-refractivity contribution is -0.343. The van der Waals surface area contributed by atoms with Gasteiger partial charge in [-0.2, -0.15) is 26.3 Å². The van der Waals surface area contributed by atoms with E-state index in [2.05, 4.69) is 5.32 Å². The maximum Gasteiger partial charge on any atom is 0.438 e. The van der Waals surface area contributed by atoms with Crippen LogP contribution >= 0.6 is 0 Å². The molecule has 0 aliphatic carbocycles. The predicted molar refractivity (Wildman–Crippen MR) is 163 cm³/mol. The Bertz CT molecular complexity index is 1620. The molecule has 0 saturated heterocycles. The molecule has 1 atom stereocenters. The zero-order valence-corrected chi connectivity index (χ0v) is 26.1. The van der Waals surface area contributed by atoms with Crippen LogP contribution in [0.4, 0.5) is 26.3 Å². The van der Waals surface area contributed by atoms with Crippen molar-refractivity contribution in [1.29, 1.82) is 0 Å². The second-order valence-corrected chi connectivity index (χ2v) is 11.2. The standard InChI is InChI=1S/C35H35F6NO5/c1-5-32(6-2,26-13-12-25(22(3)18-26)16-17-33(46,34(36,37)38)35(39,40)41)27-14-15-29(23(4)19-27)47-21-30(43)42-28(31(44)45)20-24-10-8-7-9-11-24/h7-15,18-19,28,46H,5-6,20-21H2,1-4H3,(H,42,43)(H,44,45). The van der Waals surface area contributed by atoms with Crippen LogP contribution in [0.3, 0.4) is 0 Å². The molecule has 0 fully saturated rings. The van der Waals surface area contributed by atoms with Crippen LogP contribution in [0.1, 0.15) is 60.1 Å². The normalized spacial score (nSPS) is 12.9. The molecule has 0 spiro atoms. The molecule has 0 aliphatic rings. The molecule has 12 heteroatoms. The van der Waals surface area contributed by atoms with Crippen molar-refractivity contribution in [3.63, 3.8) is 0 Å². The van der Waals surface area contributed by atoms with Crippen molar-refractivity contribution >= 4 is 11.9 Å². The zero-order chi connectivity index (χ0) is 35.2. The molecule has 1 unspecified atom stereocenters. The summed E-state index contributed by atoms with van der Waals surface area (Å²) in [6, 6.07) is 17.6. The van der Waals surface area contributed by atoms with Crippen LogP contribution in [-0.4, -0.2) is 52.7 Å². The van der Waals surface area contributed by atoms with Crippen LogP contribution < -0.4 is 10.1 Å². The third-order valence-electron chi connectivity index (χ3n) is 8.19. The van der Waals surface area contributed by atoms with Gasteiger partial charge in [0.2, 0.25) is 0 Å². The van der Waals surface area contributed by atoms with Gasteiger partial charge >= 0.3 is 23.9 Å². The van der Waals surface area contributed by atoms with Crippen molar-refractivity contribution in [3.8, 4) is 17.6 Å². The van der Waals surface area contributed by atoms with Gasteiger partial charge in [0, 0.05) is 17.4 Å². The zero-order valence-electron chi connectivity index (χ0n) is 26.1. The van der Waals surface area contributed by atoms with E-state index in [1.165, 1.54) is 13.0 Å². The number of aliphatic carboxylic acids is 1. The van der Waals surface area contributed by atoms with Gasteiger partial charge in [-0.15, -0.1) is 0 Å². The molecule has 3 rings (SSSR count). The molecule has 0 aromatic heterocycles. The molecule has 252 valence electrons. The molecule has 47 heavy (non-hydrogen) atoms. The van der Waals surface area contributed by atoms with Crippen molar-refractivity contribution in [3.05, 3.63) is 100 Å². The van der Waals surface area contributed by atoms with Crippen molar-refractivity contribution in [2.45, 2.75) is 76.4 Å². The van der Waals surface area contributed by atoms with E-state index < -0.39 is 47.9 Å². The first-order chi connectivity index (χ1) is 21.9. The van der Waals surface area contributed by atoms with Gasteiger partial charge in [0.1, 0.15) is 11.8 Å². The lowest BCUT2D eigenvalue weighted by atomic mass is 9.70. The minimum Gasteiger partial charge on any atom is -0.484 e. The molecule has 3 aromatic carbocycles. The van der Waals surface area contributed by atoms with E-state index >= 15 is 0 Å². The first-order valence-corrected chi connectivity index (χ1v) is 14.7. The molecule has 0 bridgehead atoms. The Hall–Kier alpha value is -4.50. The summed E-state index contributed by atoms with van der Waals surface area (Å²) < 4.78 is 84.2. The average molecular weight is 664 g/mol. The van der Waals surface area contributed by atoms with Crippen LogP contribution in [0.2, 0.25) is 0 Å². The van der Waals surface area contributed by atoms with E-state index in [-0.39, 0.29) is 12.0 Å². The minimum atomic E-state index is -6.05. The molecular weight excluding hydrogens is 628 g/mol. The van der Waals surface area contributed by atoms with E-state index in [0.717, 1.165) is 22.6 Å². The number of amides is 1. The first-order valence-electron chi connectivity index (χ1n) is 14.7. The third kappa shape index (κ3) is 8.27. The number of rotatable bonds is 11. The van der Waals surface area contributed by atoms with Crippen LogP contribution in [0.15, 0.2) is 66.7 Å². The minimum absolute atomic E-state index is 0.0993. The van der Waals surface area contributed by atoms with E-state index in [1.807, 2.05) is 25.8 Å². The Kier molecular flexibility index (Phi) is 11.4. The van der Waals surface area contributed by atoms with Crippen molar-refractivity contribution in [1.82, 2.24) is 5.32 Å². The summed E-state index contributed by atoms with van der Waals surface area (Å²) in [4.78, 5) is 24.3. The Morgan fingerprint density at radius 1 is 0.851 bits per heavy atom. The number of alkyl halides is 6. The summed E-state index contributed by atoms with van der Waals surface area (Å²) in [5, 5.41) is 21.4. The van der Waals surface area contributed by atoms with Crippen LogP contribution in [0.5, 0.6) is 5.75 Å². The highest BCUT2D eigenvalue weighted by molar-refractivity contribution is 5.84. The van der Waals surface area contributed by atoms with E-state index in [4.69, 9.17) is 4.74 Å². The fraction of sp³-hybridized carbons (Fsp3) is 0.371. The van der Waals surface area contributed by atoms with Crippen molar-refractivity contribution in [2.75, 3.05) is 6.61 Å². The van der Waals surface area contributed by atoms with Crippen LogP contribution in [0.25, 0.3) is 0 Å².